The van der Waals surface area contributed by atoms with Crippen LogP contribution in [0, 0.1) is 6.92 Å². The Labute approximate surface area is 150 Å². The summed E-state index contributed by atoms with van der Waals surface area (Å²) >= 11 is 0. The summed E-state index contributed by atoms with van der Waals surface area (Å²) in [5, 5.41) is 1.41. The largest absolute Gasteiger partial charge is 0.358 e. The Balaban J connectivity index is 1.29. The van der Waals surface area contributed by atoms with Gasteiger partial charge in [0, 0.05) is 16.6 Å². The smallest absolute Gasteiger partial charge is 0.0458 e. The molecule has 2 heteroatoms. The van der Waals surface area contributed by atoms with Gasteiger partial charge in [0.2, 0.25) is 0 Å². The second-order valence-corrected chi connectivity index (χ2v) is 7.40. The van der Waals surface area contributed by atoms with Crippen molar-refractivity contribution in [1.29, 1.82) is 0 Å². The van der Waals surface area contributed by atoms with E-state index in [9.17, 15) is 0 Å². The fourth-order valence-electron chi connectivity index (χ4n) is 4.35. The van der Waals surface area contributed by atoms with Crippen molar-refractivity contribution in [3.63, 3.8) is 0 Å². The quantitative estimate of drug-likeness (QED) is 0.673. The molecular formula is C23H28N2. The van der Waals surface area contributed by atoms with Gasteiger partial charge < -0.3 is 9.88 Å². The minimum atomic E-state index is 0.758. The average molecular weight is 332 g/mol. The van der Waals surface area contributed by atoms with Crippen molar-refractivity contribution < 1.29 is 0 Å². The first kappa shape index (κ1) is 16.4. The van der Waals surface area contributed by atoms with E-state index in [4.69, 9.17) is 0 Å². The number of aryl methyl sites for hydroxylation is 2. The van der Waals surface area contributed by atoms with Crippen LogP contribution in [0.25, 0.3) is 10.9 Å². The van der Waals surface area contributed by atoms with Crippen molar-refractivity contribution in [1.82, 2.24) is 9.88 Å². The van der Waals surface area contributed by atoms with Crippen LogP contribution in [-0.2, 0) is 6.42 Å². The maximum absolute atomic E-state index is 3.53. The van der Waals surface area contributed by atoms with Gasteiger partial charge in [0.15, 0.2) is 0 Å². The standard InChI is InChI=1S/C23H28N2/c1-18-21(22-10-5-6-12-23(22)24-18)11-7-15-25-16-13-20(14-17-25)19-8-3-2-4-9-19/h2-6,8-10,12,20,24H,7,11,13-17H2,1H3. The highest BCUT2D eigenvalue weighted by molar-refractivity contribution is 5.84. The Hall–Kier alpha value is -2.06. The van der Waals surface area contributed by atoms with Crippen LogP contribution in [0.1, 0.15) is 42.0 Å². The summed E-state index contributed by atoms with van der Waals surface area (Å²) in [6, 6.07) is 19.7. The first-order chi connectivity index (χ1) is 12.3. The number of nitrogens with one attached hydrogen (secondary N) is 1. The van der Waals surface area contributed by atoms with Crippen LogP contribution in [0.4, 0.5) is 0 Å². The highest BCUT2D eigenvalue weighted by Crippen LogP contribution is 2.28. The minimum absolute atomic E-state index is 0.758. The van der Waals surface area contributed by atoms with Crippen molar-refractivity contribution in [3.8, 4) is 0 Å². The molecule has 4 rings (SSSR count). The second-order valence-electron chi connectivity index (χ2n) is 7.40. The monoisotopic (exact) mass is 332 g/mol. The van der Waals surface area contributed by atoms with Crippen molar-refractivity contribution in [3.05, 3.63) is 71.4 Å². The van der Waals surface area contributed by atoms with Crippen LogP contribution < -0.4 is 0 Å². The molecule has 1 saturated heterocycles. The van der Waals surface area contributed by atoms with E-state index in [0.717, 1.165) is 5.92 Å². The van der Waals surface area contributed by atoms with E-state index in [-0.39, 0.29) is 0 Å². The lowest BCUT2D eigenvalue weighted by Gasteiger charge is -2.32. The molecule has 1 aromatic heterocycles. The number of aromatic amines is 1. The molecule has 0 aliphatic carbocycles. The van der Waals surface area contributed by atoms with E-state index in [2.05, 4.69) is 71.4 Å². The molecule has 0 atom stereocenters. The van der Waals surface area contributed by atoms with Crippen LogP contribution in [0.2, 0.25) is 0 Å². The fourth-order valence-corrected chi connectivity index (χ4v) is 4.35. The molecule has 25 heavy (non-hydrogen) atoms. The molecule has 0 saturated carbocycles. The van der Waals surface area contributed by atoms with Gasteiger partial charge in [-0.3, -0.25) is 0 Å². The van der Waals surface area contributed by atoms with E-state index in [0.29, 0.717) is 0 Å². The van der Waals surface area contributed by atoms with Crippen molar-refractivity contribution in [2.24, 2.45) is 0 Å². The topological polar surface area (TPSA) is 19.0 Å². The number of hydrogen-bond acceptors (Lipinski definition) is 1. The number of H-pyrrole nitrogens is 1. The third kappa shape index (κ3) is 3.64. The number of rotatable bonds is 5. The second kappa shape index (κ2) is 7.45. The number of nitrogens with zero attached hydrogens (tertiary/aromatic N) is 1. The van der Waals surface area contributed by atoms with Crippen LogP contribution in [0.15, 0.2) is 54.6 Å². The highest BCUT2D eigenvalue weighted by atomic mass is 15.1. The Morgan fingerprint density at radius 1 is 0.960 bits per heavy atom. The van der Waals surface area contributed by atoms with Gasteiger partial charge in [-0.05, 0) is 75.4 Å². The molecule has 0 unspecified atom stereocenters. The third-order valence-electron chi connectivity index (χ3n) is 5.79. The zero-order valence-corrected chi connectivity index (χ0v) is 15.2. The first-order valence-electron chi connectivity index (χ1n) is 9.65. The van der Waals surface area contributed by atoms with Crippen LogP contribution >= 0.6 is 0 Å². The van der Waals surface area contributed by atoms with Crippen LogP contribution in [-0.4, -0.2) is 29.5 Å². The lowest BCUT2D eigenvalue weighted by atomic mass is 9.89. The first-order valence-corrected chi connectivity index (χ1v) is 9.65. The molecule has 1 aliphatic rings. The number of piperidine rings is 1. The molecule has 0 amide bonds. The van der Waals surface area contributed by atoms with Gasteiger partial charge in [0.25, 0.3) is 0 Å². The Bertz CT molecular complexity index is 810. The fraction of sp³-hybridized carbons (Fsp3) is 0.391. The molecule has 2 nitrogen and oxygen atoms in total. The predicted molar refractivity (Wildman–Crippen MR) is 106 cm³/mol. The number of fused-ring (bicyclic) bond motifs is 1. The van der Waals surface area contributed by atoms with Gasteiger partial charge in [-0.1, -0.05) is 48.5 Å². The molecule has 0 radical (unpaired) electrons. The predicted octanol–water partition coefficient (Wildman–Crippen LogP) is 5.29. The Morgan fingerprint density at radius 2 is 1.68 bits per heavy atom. The molecule has 2 heterocycles. The maximum atomic E-state index is 3.53. The number of hydrogen-bond donors (Lipinski definition) is 1. The normalized spacial score (nSPS) is 16.5. The summed E-state index contributed by atoms with van der Waals surface area (Å²) < 4.78 is 0. The lowest BCUT2D eigenvalue weighted by Crippen LogP contribution is -2.33. The van der Waals surface area contributed by atoms with Gasteiger partial charge in [-0.2, -0.15) is 0 Å². The zero-order valence-electron chi connectivity index (χ0n) is 15.2. The summed E-state index contributed by atoms with van der Waals surface area (Å²) in [7, 11) is 0. The third-order valence-corrected chi connectivity index (χ3v) is 5.79. The number of benzene rings is 2. The van der Waals surface area contributed by atoms with Crippen LogP contribution in [0.5, 0.6) is 0 Å². The molecule has 1 aliphatic heterocycles. The molecule has 1 N–H and O–H groups in total. The zero-order chi connectivity index (χ0) is 17.1. The molecule has 1 fully saturated rings. The average Bonchev–Trinajstić information content (AvgIpc) is 2.99. The summed E-state index contributed by atoms with van der Waals surface area (Å²) in [4.78, 5) is 6.18. The summed E-state index contributed by atoms with van der Waals surface area (Å²) in [5.41, 5.74) is 5.65. The molecule has 3 aromatic rings. The van der Waals surface area contributed by atoms with E-state index >= 15 is 0 Å². The number of aromatic nitrogens is 1. The van der Waals surface area contributed by atoms with Gasteiger partial charge in [0.1, 0.15) is 0 Å². The van der Waals surface area contributed by atoms with Crippen molar-refractivity contribution >= 4 is 10.9 Å². The molecule has 0 spiro atoms. The molecule has 0 bridgehead atoms. The van der Waals surface area contributed by atoms with Gasteiger partial charge in [0.05, 0.1) is 0 Å². The summed E-state index contributed by atoms with van der Waals surface area (Å²) in [5.74, 6) is 0.758. The maximum Gasteiger partial charge on any atom is 0.0458 e. The number of para-hydroxylation sites is 1. The lowest BCUT2D eigenvalue weighted by molar-refractivity contribution is 0.210. The number of likely N-dealkylation sites (tertiary alicyclic amines) is 1. The van der Waals surface area contributed by atoms with Crippen molar-refractivity contribution in [2.75, 3.05) is 19.6 Å². The van der Waals surface area contributed by atoms with E-state index in [1.165, 1.54) is 73.0 Å². The van der Waals surface area contributed by atoms with Gasteiger partial charge in [-0.25, -0.2) is 0 Å². The minimum Gasteiger partial charge on any atom is -0.358 e. The summed E-state index contributed by atoms with van der Waals surface area (Å²) in [6.45, 7) is 5.92. The SMILES string of the molecule is Cc1[nH]c2ccccc2c1CCCN1CCC(c2ccccc2)CC1. The van der Waals surface area contributed by atoms with Crippen LogP contribution in [0.3, 0.4) is 0 Å². The van der Waals surface area contributed by atoms with Gasteiger partial charge in [-0.15, -0.1) is 0 Å². The highest BCUT2D eigenvalue weighted by Gasteiger charge is 2.20. The molecule has 130 valence electrons. The van der Waals surface area contributed by atoms with E-state index < -0.39 is 0 Å². The van der Waals surface area contributed by atoms with Crippen molar-refractivity contribution in [2.45, 2.75) is 38.5 Å². The van der Waals surface area contributed by atoms with Gasteiger partial charge >= 0.3 is 0 Å². The molecular weight excluding hydrogens is 304 g/mol. The van der Waals surface area contributed by atoms with E-state index in [1.54, 1.807) is 0 Å². The van der Waals surface area contributed by atoms with E-state index in [1.807, 2.05) is 0 Å². The Morgan fingerprint density at radius 3 is 2.48 bits per heavy atom. The molecule has 2 aromatic carbocycles. The Kier molecular flexibility index (Phi) is 4.89. The summed E-state index contributed by atoms with van der Waals surface area (Å²) in [6.07, 6.45) is 5.03.